The van der Waals surface area contributed by atoms with E-state index in [2.05, 4.69) is 15.4 Å². The number of carbonyl (C=O) groups is 1. The van der Waals surface area contributed by atoms with Crippen LogP contribution in [-0.4, -0.2) is 27.8 Å². The number of nitriles is 1. The first-order chi connectivity index (χ1) is 9.22. The van der Waals surface area contributed by atoms with Gasteiger partial charge < -0.3 is 10.1 Å². The van der Waals surface area contributed by atoms with Crippen molar-refractivity contribution in [3.63, 3.8) is 0 Å². The van der Waals surface area contributed by atoms with Gasteiger partial charge >= 0.3 is 0 Å². The number of amides is 1. The van der Waals surface area contributed by atoms with Crippen molar-refractivity contribution < 1.29 is 9.53 Å². The number of methoxy groups -OCH3 is 1. The number of hydrogen-bond donors (Lipinski definition) is 1. The van der Waals surface area contributed by atoms with E-state index in [-0.39, 0.29) is 12.5 Å². The van der Waals surface area contributed by atoms with Gasteiger partial charge in [-0.1, -0.05) is 0 Å². The third-order valence-corrected chi connectivity index (χ3v) is 2.38. The van der Waals surface area contributed by atoms with Crippen molar-refractivity contribution >= 4 is 11.6 Å². The maximum atomic E-state index is 11.8. The Morgan fingerprint density at radius 1 is 1.58 bits per heavy atom. The summed E-state index contributed by atoms with van der Waals surface area (Å²) in [6, 6.07) is 6.79. The normalized spacial score (nSPS) is 9.68. The molecule has 7 heteroatoms. The number of anilines is 1. The molecule has 0 spiro atoms. The second-order valence-electron chi connectivity index (χ2n) is 3.67. The Morgan fingerprint density at radius 2 is 2.42 bits per heavy atom. The van der Waals surface area contributed by atoms with Crippen molar-refractivity contribution in [3.8, 4) is 11.8 Å². The molecule has 0 radical (unpaired) electrons. The van der Waals surface area contributed by atoms with Crippen molar-refractivity contribution in [2.24, 2.45) is 0 Å². The maximum absolute atomic E-state index is 11.8. The van der Waals surface area contributed by atoms with Gasteiger partial charge in [0.1, 0.15) is 24.9 Å². The van der Waals surface area contributed by atoms with E-state index in [1.54, 1.807) is 18.2 Å². The minimum absolute atomic E-state index is 0.0587. The molecule has 96 valence electrons. The molecule has 2 aromatic rings. The molecule has 1 aromatic heterocycles. The minimum Gasteiger partial charge on any atom is -0.495 e. The first-order valence-electron chi connectivity index (χ1n) is 5.43. The van der Waals surface area contributed by atoms with E-state index in [1.807, 2.05) is 6.07 Å². The van der Waals surface area contributed by atoms with Gasteiger partial charge in [-0.2, -0.15) is 10.4 Å². The average Bonchev–Trinajstić information content (AvgIpc) is 2.91. The van der Waals surface area contributed by atoms with Crippen LogP contribution >= 0.6 is 0 Å². The van der Waals surface area contributed by atoms with Crippen LogP contribution in [0.1, 0.15) is 5.56 Å². The predicted molar refractivity (Wildman–Crippen MR) is 66.4 cm³/mol. The van der Waals surface area contributed by atoms with E-state index in [1.165, 1.54) is 24.4 Å². The van der Waals surface area contributed by atoms with Gasteiger partial charge in [-0.3, -0.25) is 4.79 Å². The highest BCUT2D eigenvalue weighted by molar-refractivity contribution is 5.92. The Bertz CT molecular complexity index is 616. The number of hydrogen-bond acceptors (Lipinski definition) is 5. The number of carbonyl (C=O) groups excluding carboxylic acids is 1. The van der Waals surface area contributed by atoms with Gasteiger partial charge in [0.2, 0.25) is 5.91 Å². The largest absolute Gasteiger partial charge is 0.495 e. The molecular weight excluding hydrogens is 246 g/mol. The number of nitrogens with one attached hydrogen (secondary N) is 1. The summed E-state index contributed by atoms with van der Waals surface area (Å²) in [7, 11) is 1.48. The number of ether oxygens (including phenoxy) is 1. The van der Waals surface area contributed by atoms with Gasteiger partial charge in [-0.05, 0) is 12.1 Å². The summed E-state index contributed by atoms with van der Waals surface area (Å²) in [5.74, 6) is 0.180. The topological polar surface area (TPSA) is 92.8 Å². The smallest absolute Gasteiger partial charge is 0.246 e. The van der Waals surface area contributed by atoms with Crippen molar-refractivity contribution in [1.29, 1.82) is 5.26 Å². The molecule has 0 bridgehead atoms. The molecular formula is C12H11N5O2. The highest BCUT2D eigenvalue weighted by Crippen LogP contribution is 2.25. The fourth-order valence-corrected chi connectivity index (χ4v) is 1.52. The Labute approximate surface area is 109 Å². The molecule has 0 fully saturated rings. The zero-order chi connectivity index (χ0) is 13.7. The first kappa shape index (κ1) is 12.6. The van der Waals surface area contributed by atoms with Crippen LogP contribution in [0.5, 0.6) is 5.75 Å². The lowest BCUT2D eigenvalue weighted by Gasteiger charge is -2.10. The van der Waals surface area contributed by atoms with Crippen LogP contribution in [0.2, 0.25) is 0 Å². The van der Waals surface area contributed by atoms with Crippen molar-refractivity contribution in [1.82, 2.24) is 14.8 Å². The van der Waals surface area contributed by atoms with E-state index in [0.29, 0.717) is 17.0 Å². The summed E-state index contributed by atoms with van der Waals surface area (Å²) in [5, 5.41) is 15.3. The van der Waals surface area contributed by atoms with E-state index < -0.39 is 0 Å². The SMILES string of the molecule is COc1cc(C#N)ccc1NC(=O)Cn1cncn1. The first-order valence-corrected chi connectivity index (χ1v) is 5.43. The molecule has 1 aromatic carbocycles. The maximum Gasteiger partial charge on any atom is 0.246 e. The van der Waals surface area contributed by atoms with E-state index >= 15 is 0 Å². The van der Waals surface area contributed by atoms with Crippen LogP contribution < -0.4 is 10.1 Å². The third kappa shape index (κ3) is 3.07. The zero-order valence-corrected chi connectivity index (χ0v) is 10.2. The zero-order valence-electron chi connectivity index (χ0n) is 10.2. The molecule has 0 atom stereocenters. The highest BCUT2D eigenvalue weighted by Gasteiger charge is 2.09. The number of rotatable bonds is 4. The highest BCUT2D eigenvalue weighted by atomic mass is 16.5. The van der Waals surface area contributed by atoms with Gasteiger partial charge in [-0.25, -0.2) is 9.67 Å². The monoisotopic (exact) mass is 257 g/mol. The predicted octanol–water partition coefficient (Wildman–Crippen LogP) is 0.797. The van der Waals surface area contributed by atoms with Crippen LogP contribution in [0.4, 0.5) is 5.69 Å². The quantitative estimate of drug-likeness (QED) is 0.874. The fourth-order valence-electron chi connectivity index (χ4n) is 1.52. The molecule has 0 unspecified atom stereocenters. The Balaban J connectivity index is 2.10. The lowest BCUT2D eigenvalue weighted by atomic mass is 10.2. The van der Waals surface area contributed by atoms with Crippen molar-refractivity contribution in [2.45, 2.75) is 6.54 Å². The summed E-state index contributed by atoms with van der Waals surface area (Å²) in [6.07, 6.45) is 2.81. The van der Waals surface area contributed by atoms with Crippen LogP contribution in [0, 0.1) is 11.3 Å². The molecule has 0 saturated heterocycles. The molecule has 1 N–H and O–H groups in total. The van der Waals surface area contributed by atoms with Gasteiger partial charge in [0.15, 0.2) is 0 Å². The van der Waals surface area contributed by atoms with Crippen LogP contribution in [0.3, 0.4) is 0 Å². The Morgan fingerprint density at radius 3 is 3.05 bits per heavy atom. The van der Waals surface area contributed by atoms with E-state index in [9.17, 15) is 4.79 Å². The van der Waals surface area contributed by atoms with Crippen LogP contribution in [0.25, 0.3) is 0 Å². The number of benzene rings is 1. The molecule has 0 aliphatic heterocycles. The lowest BCUT2D eigenvalue weighted by Crippen LogP contribution is -2.19. The Kier molecular flexibility index (Phi) is 3.73. The summed E-state index contributed by atoms with van der Waals surface area (Å²) < 4.78 is 6.53. The third-order valence-electron chi connectivity index (χ3n) is 2.38. The Hall–Kier alpha value is -2.88. The fraction of sp³-hybridized carbons (Fsp3) is 0.167. The molecule has 1 heterocycles. The molecule has 19 heavy (non-hydrogen) atoms. The lowest BCUT2D eigenvalue weighted by molar-refractivity contribution is -0.116. The van der Waals surface area contributed by atoms with Crippen molar-refractivity contribution in [3.05, 3.63) is 36.4 Å². The van der Waals surface area contributed by atoms with Crippen LogP contribution in [-0.2, 0) is 11.3 Å². The van der Waals surface area contributed by atoms with Gasteiger partial charge in [-0.15, -0.1) is 0 Å². The van der Waals surface area contributed by atoms with Crippen molar-refractivity contribution in [2.75, 3.05) is 12.4 Å². The van der Waals surface area contributed by atoms with E-state index in [4.69, 9.17) is 10.00 Å². The molecule has 2 rings (SSSR count). The molecule has 0 aliphatic carbocycles. The minimum atomic E-state index is -0.256. The van der Waals surface area contributed by atoms with Gasteiger partial charge in [0.05, 0.1) is 24.4 Å². The molecule has 1 amide bonds. The van der Waals surface area contributed by atoms with Gasteiger partial charge in [0.25, 0.3) is 0 Å². The van der Waals surface area contributed by atoms with Crippen LogP contribution in [0.15, 0.2) is 30.9 Å². The summed E-state index contributed by atoms with van der Waals surface area (Å²) in [6.45, 7) is 0.0587. The van der Waals surface area contributed by atoms with E-state index in [0.717, 1.165) is 0 Å². The van der Waals surface area contributed by atoms with Gasteiger partial charge in [0, 0.05) is 6.07 Å². The molecule has 7 nitrogen and oxygen atoms in total. The molecule has 0 aliphatic rings. The standard InChI is InChI=1S/C12H11N5O2/c1-19-11-4-9(5-13)2-3-10(11)16-12(18)6-17-8-14-7-15-17/h2-4,7-8H,6H2,1H3,(H,16,18). The average molecular weight is 257 g/mol. The second-order valence-corrected chi connectivity index (χ2v) is 3.67. The summed E-state index contributed by atoms with van der Waals surface area (Å²) >= 11 is 0. The molecule has 0 saturated carbocycles. The number of aromatic nitrogens is 3. The second kappa shape index (κ2) is 5.64. The number of nitrogens with zero attached hydrogens (tertiary/aromatic N) is 4. The summed E-state index contributed by atoms with van der Waals surface area (Å²) in [4.78, 5) is 15.5. The summed E-state index contributed by atoms with van der Waals surface area (Å²) in [5.41, 5.74) is 0.970.